The second-order valence-electron chi connectivity index (χ2n) is 3.92. The van der Waals surface area contributed by atoms with Gasteiger partial charge in [-0.2, -0.15) is 0 Å². The van der Waals surface area contributed by atoms with Gasteiger partial charge in [0.05, 0.1) is 12.4 Å². The molecule has 0 saturated heterocycles. The highest BCUT2D eigenvalue weighted by molar-refractivity contribution is 9.10. The predicted molar refractivity (Wildman–Crippen MR) is 75.8 cm³/mol. The number of ether oxygens (including phenoxy) is 1. The van der Waals surface area contributed by atoms with Gasteiger partial charge in [-0.1, -0.05) is 15.9 Å². The van der Waals surface area contributed by atoms with Gasteiger partial charge in [0, 0.05) is 27.1 Å². The number of nitrogens with two attached hydrogens (primary N) is 1. The highest BCUT2D eigenvalue weighted by Crippen LogP contribution is 2.15. The molecule has 0 heterocycles. The number of benzene rings is 1. The van der Waals surface area contributed by atoms with Crippen molar-refractivity contribution in [3.8, 4) is 5.75 Å². The standard InChI is InChI=1S/C12H18BrNO2S/c1-10(14)6-8-17(15)9-7-16-12-4-2-11(13)3-5-12/h2-5,10H,6-9,14H2,1H3. The van der Waals surface area contributed by atoms with Crippen molar-refractivity contribution in [1.29, 1.82) is 0 Å². The first-order valence-electron chi connectivity index (χ1n) is 5.57. The maximum Gasteiger partial charge on any atom is 0.119 e. The van der Waals surface area contributed by atoms with Crippen LogP contribution < -0.4 is 10.5 Å². The first-order valence-corrected chi connectivity index (χ1v) is 7.85. The summed E-state index contributed by atoms with van der Waals surface area (Å²) in [4.78, 5) is 0. The van der Waals surface area contributed by atoms with Crippen LogP contribution in [0.2, 0.25) is 0 Å². The van der Waals surface area contributed by atoms with Crippen molar-refractivity contribution >= 4 is 26.7 Å². The Bertz CT molecular complexity index is 354. The molecule has 0 fully saturated rings. The molecule has 0 spiro atoms. The molecule has 1 rings (SSSR count). The molecule has 2 unspecified atom stereocenters. The van der Waals surface area contributed by atoms with E-state index in [4.69, 9.17) is 10.5 Å². The van der Waals surface area contributed by atoms with Crippen molar-refractivity contribution < 1.29 is 8.95 Å². The monoisotopic (exact) mass is 319 g/mol. The second-order valence-corrected chi connectivity index (χ2v) is 6.53. The number of halogens is 1. The van der Waals surface area contributed by atoms with Crippen LogP contribution in [0.25, 0.3) is 0 Å². The molecule has 96 valence electrons. The van der Waals surface area contributed by atoms with Crippen molar-refractivity contribution in [2.24, 2.45) is 5.73 Å². The van der Waals surface area contributed by atoms with Crippen molar-refractivity contribution in [3.63, 3.8) is 0 Å². The van der Waals surface area contributed by atoms with E-state index in [0.717, 1.165) is 16.6 Å². The van der Waals surface area contributed by atoms with Gasteiger partial charge in [0.2, 0.25) is 0 Å². The Labute approximate surface area is 113 Å². The minimum Gasteiger partial charge on any atom is -0.493 e. The molecule has 3 nitrogen and oxygen atoms in total. The molecule has 2 N–H and O–H groups in total. The molecular weight excluding hydrogens is 302 g/mol. The molecule has 0 aliphatic heterocycles. The van der Waals surface area contributed by atoms with E-state index in [9.17, 15) is 4.21 Å². The van der Waals surface area contributed by atoms with Crippen LogP contribution in [0.1, 0.15) is 13.3 Å². The Hall–Kier alpha value is -0.390. The van der Waals surface area contributed by atoms with Gasteiger partial charge >= 0.3 is 0 Å². The third-order valence-corrected chi connectivity index (χ3v) is 4.04. The van der Waals surface area contributed by atoms with E-state index in [1.165, 1.54) is 0 Å². The molecule has 17 heavy (non-hydrogen) atoms. The largest absolute Gasteiger partial charge is 0.493 e. The number of hydrogen-bond donors (Lipinski definition) is 1. The van der Waals surface area contributed by atoms with Gasteiger partial charge in [-0.05, 0) is 37.6 Å². The van der Waals surface area contributed by atoms with E-state index >= 15 is 0 Å². The summed E-state index contributed by atoms with van der Waals surface area (Å²) in [5.74, 6) is 2.02. The third-order valence-electron chi connectivity index (χ3n) is 2.19. The van der Waals surface area contributed by atoms with Gasteiger partial charge < -0.3 is 10.5 Å². The molecule has 1 aromatic rings. The van der Waals surface area contributed by atoms with Gasteiger partial charge in [0.25, 0.3) is 0 Å². The van der Waals surface area contributed by atoms with E-state index < -0.39 is 10.8 Å². The summed E-state index contributed by atoms with van der Waals surface area (Å²) in [7, 11) is -0.833. The van der Waals surface area contributed by atoms with Crippen LogP contribution in [0, 0.1) is 0 Å². The zero-order valence-electron chi connectivity index (χ0n) is 9.90. The van der Waals surface area contributed by atoms with Gasteiger partial charge in [-0.25, -0.2) is 0 Å². The maximum atomic E-state index is 11.6. The van der Waals surface area contributed by atoms with Crippen molar-refractivity contribution in [1.82, 2.24) is 0 Å². The highest BCUT2D eigenvalue weighted by Gasteiger charge is 2.02. The molecule has 0 saturated carbocycles. The highest BCUT2D eigenvalue weighted by atomic mass is 79.9. The Balaban J connectivity index is 2.19. The molecule has 1 aromatic carbocycles. The molecule has 0 bridgehead atoms. The van der Waals surface area contributed by atoms with Crippen LogP contribution in [-0.4, -0.2) is 28.4 Å². The molecular formula is C12H18BrNO2S. The van der Waals surface area contributed by atoms with Crippen molar-refractivity contribution in [2.75, 3.05) is 18.1 Å². The maximum absolute atomic E-state index is 11.6. The summed E-state index contributed by atoms with van der Waals surface area (Å²) in [6, 6.07) is 7.72. The Morgan fingerprint density at radius 3 is 2.59 bits per heavy atom. The normalized spacial score (nSPS) is 14.3. The zero-order chi connectivity index (χ0) is 12.7. The van der Waals surface area contributed by atoms with E-state index in [1.54, 1.807) is 0 Å². The zero-order valence-corrected chi connectivity index (χ0v) is 12.3. The summed E-state index contributed by atoms with van der Waals surface area (Å²) in [6.07, 6.45) is 0.797. The molecule has 0 amide bonds. The summed E-state index contributed by atoms with van der Waals surface area (Å²) < 4.78 is 18.1. The minimum absolute atomic E-state index is 0.117. The molecule has 5 heteroatoms. The number of hydrogen-bond acceptors (Lipinski definition) is 3. The Morgan fingerprint density at radius 1 is 1.35 bits per heavy atom. The number of rotatable bonds is 7. The molecule has 0 aliphatic rings. The fourth-order valence-electron chi connectivity index (χ4n) is 1.20. The SMILES string of the molecule is CC(N)CCS(=O)CCOc1ccc(Br)cc1. The lowest BCUT2D eigenvalue weighted by molar-refractivity contribution is 0.342. The Kier molecular flexibility index (Phi) is 6.77. The fourth-order valence-corrected chi connectivity index (χ4v) is 2.58. The average Bonchev–Trinajstić information content (AvgIpc) is 2.29. The molecule has 2 atom stereocenters. The summed E-state index contributed by atoms with van der Waals surface area (Å²) in [5.41, 5.74) is 5.60. The predicted octanol–water partition coefficient (Wildman–Crippen LogP) is 2.31. The van der Waals surface area contributed by atoms with Gasteiger partial charge in [-0.15, -0.1) is 0 Å². The topological polar surface area (TPSA) is 52.3 Å². The lowest BCUT2D eigenvalue weighted by Crippen LogP contribution is -2.20. The summed E-state index contributed by atoms with van der Waals surface area (Å²) >= 11 is 3.35. The van der Waals surface area contributed by atoms with Gasteiger partial charge in [0.1, 0.15) is 5.75 Å². The van der Waals surface area contributed by atoms with Gasteiger partial charge in [0.15, 0.2) is 0 Å². The smallest absolute Gasteiger partial charge is 0.119 e. The fraction of sp³-hybridized carbons (Fsp3) is 0.500. The minimum atomic E-state index is -0.833. The quantitative estimate of drug-likeness (QED) is 0.839. The first-order chi connectivity index (χ1) is 8.08. The van der Waals surface area contributed by atoms with E-state index in [-0.39, 0.29) is 6.04 Å². The van der Waals surface area contributed by atoms with Crippen LogP contribution in [0.4, 0.5) is 0 Å². The van der Waals surface area contributed by atoms with Crippen LogP contribution in [0.3, 0.4) is 0 Å². The van der Waals surface area contributed by atoms with Crippen LogP contribution in [-0.2, 0) is 10.8 Å². The average molecular weight is 320 g/mol. The second kappa shape index (κ2) is 7.84. The van der Waals surface area contributed by atoms with Crippen LogP contribution in [0.15, 0.2) is 28.7 Å². The summed E-state index contributed by atoms with van der Waals surface area (Å²) in [6.45, 7) is 2.41. The van der Waals surface area contributed by atoms with Crippen LogP contribution >= 0.6 is 15.9 Å². The molecule has 0 aliphatic carbocycles. The Morgan fingerprint density at radius 2 is 2.00 bits per heavy atom. The van der Waals surface area contributed by atoms with Crippen molar-refractivity contribution in [2.45, 2.75) is 19.4 Å². The van der Waals surface area contributed by atoms with E-state index in [1.807, 2.05) is 31.2 Å². The van der Waals surface area contributed by atoms with Crippen LogP contribution in [0.5, 0.6) is 5.75 Å². The lowest BCUT2D eigenvalue weighted by atomic mass is 10.3. The van der Waals surface area contributed by atoms with Crippen molar-refractivity contribution in [3.05, 3.63) is 28.7 Å². The molecule has 0 aromatic heterocycles. The molecule has 0 radical (unpaired) electrons. The van der Waals surface area contributed by atoms with E-state index in [0.29, 0.717) is 18.1 Å². The summed E-state index contributed by atoms with van der Waals surface area (Å²) in [5, 5.41) is 0. The van der Waals surface area contributed by atoms with Gasteiger partial charge in [-0.3, -0.25) is 4.21 Å². The third kappa shape index (κ3) is 6.81. The van der Waals surface area contributed by atoms with E-state index in [2.05, 4.69) is 15.9 Å². The first kappa shape index (κ1) is 14.7. The lowest BCUT2D eigenvalue weighted by Gasteiger charge is -2.07.